The van der Waals surface area contributed by atoms with Gasteiger partial charge in [-0.1, -0.05) is 18.2 Å². The van der Waals surface area contributed by atoms with Crippen LogP contribution in [0.15, 0.2) is 64.4 Å². The molecule has 1 aliphatic rings. The summed E-state index contributed by atoms with van der Waals surface area (Å²) in [5, 5.41) is 5.22. The first-order valence-corrected chi connectivity index (χ1v) is 11.0. The second kappa shape index (κ2) is 8.90. The van der Waals surface area contributed by atoms with E-state index >= 15 is 0 Å². The monoisotopic (exact) mass is 454 g/mol. The lowest BCUT2D eigenvalue weighted by atomic mass is 9.93. The Labute approximate surface area is 195 Å². The van der Waals surface area contributed by atoms with Crippen LogP contribution in [0.4, 0.5) is 0 Å². The van der Waals surface area contributed by atoms with Gasteiger partial charge in [-0.3, -0.25) is 9.78 Å². The second-order valence-corrected chi connectivity index (χ2v) is 8.12. The van der Waals surface area contributed by atoms with Gasteiger partial charge in [-0.2, -0.15) is 5.10 Å². The lowest BCUT2D eigenvalue weighted by Gasteiger charge is -2.13. The van der Waals surface area contributed by atoms with E-state index in [1.54, 1.807) is 31.3 Å². The smallest absolute Gasteiger partial charge is 0.380 e. The van der Waals surface area contributed by atoms with Crippen molar-refractivity contribution in [3.05, 3.63) is 88.8 Å². The number of furan rings is 1. The summed E-state index contributed by atoms with van der Waals surface area (Å²) in [5.41, 5.74) is 6.49. The van der Waals surface area contributed by atoms with E-state index in [4.69, 9.17) is 9.15 Å². The average molecular weight is 454 g/mol. The first-order valence-electron chi connectivity index (χ1n) is 11.0. The zero-order chi connectivity index (χ0) is 23.7. The maximum atomic E-state index is 13.1. The third-order valence-electron chi connectivity index (χ3n) is 5.75. The highest BCUT2D eigenvalue weighted by Crippen LogP contribution is 2.31. The number of amides is 1. The lowest BCUT2D eigenvalue weighted by Crippen LogP contribution is -2.22. The first-order chi connectivity index (χ1) is 16.5. The van der Waals surface area contributed by atoms with Crippen LogP contribution < -0.4 is 10.2 Å². The molecule has 1 N–H and O–H groups in total. The molecule has 8 nitrogen and oxygen atoms in total. The number of para-hydroxylation sites is 1. The van der Waals surface area contributed by atoms with E-state index < -0.39 is 5.97 Å². The predicted octanol–water partition coefficient (Wildman–Crippen LogP) is 4.53. The second-order valence-electron chi connectivity index (χ2n) is 8.12. The number of carbonyl (C=O) groups is 2. The standard InChI is InChI=1S/C26H22N4O4/c1-15-11-12-17-6-3-10-21(23(17)28-15)34-26(32)24-16(2)22-19(8-4-9-20(22)33-24)29-30-25(31)18-7-5-13-27-14-18/h3,5-7,10-14H,4,8-9H2,1-2H3,(H,30,31)/b29-19+. The minimum Gasteiger partial charge on any atom is -0.453 e. The van der Waals surface area contributed by atoms with Crippen molar-refractivity contribution in [3.63, 3.8) is 0 Å². The molecule has 1 amide bonds. The molecular formula is C26H22N4O4. The Morgan fingerprint density at radius 2 is 1.97 bits per heavy atom. The Morgan fingerprint density at radius 3 is 2.79 bits per heavy atom. The number of rotatable bonds is 4. The van der Waals surface area contributed by atoms with Gasteiger partial charge in [0.2, 0.25) is 5.76 Å². The molecular weight excluding hydrogens is 432 g/mol. The predicted molar refractivity (Wildman–Crippen MR) is 126 cm³/mol. The summed E-state index contributed by atoms with van der Waals surface area (Å²) >= 11 is 0. The Hall–Kier alpha value is -4.33. The molecule has 0 bridgehead atoms. The van der Waals surface area contributed by atoms with Crippen molar-refractivity contribution in [1.82, 2.24) is 15.4 Å². The van der Waals surface area contributed by atoms with E-state index in [0.717, 1.165) is 23.1 Å². The molecule has 0 aliphatic heterocycles. The number of hydrazone groups is 1. The summed E-state index contributed by atoms with van der Waals surface area (Å²) in [6.45, 7) is 3.69. The summed E-state index contributed by atoms with van der Waals surface area (Å²) in [4.78, 5) is 33.9. The highest BCUT2D eigenvalue weighted by Gasteiger charge is 2.29. The third-order valence-corrected chi connectivity index (χ3v) is 5.75. The molecule has 170 valence electrons. The summed E-state index contributed by atoms with van der Waals surface area (Å²) in [6.07, 6.45) is 5.20. The fraction of sp³-hybridized carbons (Fsp3) is 0.192. The molecule has 0 radical (unpaired) electrons. The number of fused-ring (bicyclic) bond motifs is 2. The Balaban J connectivity index is 1.42. The maximum absolute atomic E-state index is 13.1. The highest BCUT2D eigenvalue weighted by atomic mass is 16.5. The van der Waals surface area contributed by atoms with Gasteiger partial charge in [-0.05, 0) is 51.0 Å². The number of aromatic nitrogens is 2. The highest BCUT2D eigenvalue weighted by molar-refractivity contribution is 6.07. The zero-order valence-corrected chi connectivity index (χ0v) is 18.8. The molecule has 0 saturated carbocycles. The largest absolute Gasteiger partial charge is 0.453 e. The molecule has 0 unspecified atom stereocenters. The SMILES string of the molecule is Cc1ccc2cccc(OC(=O)c3oc4c(c3C)/C(=N/NC(=O)c3cccnc3)CCC4)c2n1. The van der Waals surface area contributed by atoms with Crippen LogP contribution in [-0.2, 0) is 6.42 Å². The number of nitrogens with one attached hydrogen (secondary N) is 1. The summed E-state index contributed by atoms with van der Waals surface area (Å²) in [5.74, 6) is 0.214. The molecule has 1 aromatic carbocycles. The lowest BCUT2D eigenvalue weighted by molar-refractivity contribution is 0.0700. The van der Waals surface area contributed by atoms with Crippen LogP contribution >= 0.6 is 0 Å². The van der Waals surface area contributed by atoms with E-state index in [1.807, 2.05) is 31.2 Å². The molecule has 3 heterocycles. The molecule has 3 aromatic heterocycles. The number of ether oxygens (including phenoxy) is 1. The fourth-order valence-corrected chi connectivity index (χ4v) is 4.10. The van der Waals surface area contributed by atoms with Crippen molar-refractivity contribution in [2.75, 3.05) is 0 Å². The number of pyridine rings is 2. The number of carbonyl (C=O) groups excluding carboxylic acids is 2. The molecule has 1 aliphatic carbocycles. The zero-order valence-electron chi connectivity index (χ0n) is 18.8. The van der Waals surface area contributed by atoms with Gasteiger partial charge < -0.3 is 9.15 Å². The van der Waals surface area contributed by atoms with Crippen LogP contribution in [0.3, 0.4) is 0 Å². The molecule has 5 rings (SSSR count). The Bertz CT molecular complexity index is 1440. The van der Waals surface area contributed by atoms with Gasteiger partial charge in [0.25, 0.3) is 5.91 Å². The number of hydrogen-bond donors (Lipinski definition) is 1. The molecule has 34 heavy (non-hydrogen) atoms. The van der Waals surface area contributed by atoms with Crippen molar-refractivity contribution >= 4 is 28.5 Å². The van der Waals surface area contributed by atoms with Crippen LogP contribution in [0, 0.1) is 13.8 Å². The number of aryl methyl sites for hydroxylation is 2. The van der Waals surface area contributed by atoms with Crippen LogP contribution in [0.2, 0.25) is 0 Å². The topological polar surface area (TPSA) is 107 Å². The van der Waals surface area contributed by atoms with Crippen molar-refractivity contribution in [3.8, 4) is 5.75 Å². The number of nitrogens with zero attached hydrogens (tertiary/aromatic N) is 3. The molecule has 0 fully saturated rings. The van der Waals surface area contributed by atoms with Crippen LogP contribution in [0.1, 0.15) is 56.3 Å². The summed E-state index contributed by atoms with van der Waals surface area (Å²) < 4.78 is 11.6. The van der Waals surface area contributed by atoms with E-state index in [0.29, 0.717) is 46.7 Å². The minimum absolute atomic E-state index is 0.128. The molecule has 0 spiro atoms. The normalized spacial score (nSPS) is 14.1. The van der Waals surface area contributed by atoms with Gasteiger partial charge in [-0.15, -0.1) is 0 Å². The van der Waals surface area contributed by atoms with Crippen molar-refractivity contribution < 1.29 is 18.7 Å². The van der Waals surface area contributed by atoms with Crippen molar-refractivity contribution in [2.45, 2.75) is 33.1 Å². The van der Waals surface area contributed by atoms with Crippen molar-refractivity contribution in [2.24, 2.45) is 5.10 Å². The first kappa shape index (κ1) is 21.5. The molecule has 4 aromatic rings. The molecule has 0 saturated heterocycles. The van der Waals surface area contributed by atoms with Crippen molar-refractivity contribution in [1.29, 1.82) is 0 Å². The summed E-state index contributed by atoms with van der Waals surface area (Å²) in [7, 11) is 0. The van der Waals surface area contributed by atoms with E-state index in [-0.39, 0.29) is 11.7 Å². The van der Waals surface area contributed by atoms with E-state index in [1.165, 1.54) is 6.20 Å². The number of hydrogen-bond acceptors (Lipinski definition) is 7. The minimum atomic E-state index is -0.596. The maximum Gasteiger partial charge on any atom is 0.380 e. The van der Waals surface area contributed by atoms with E-state index in [9.17, 15) is 9.59 Å². The number of esters is 1. The van der Waals surface area contributed by atoms with Gasteiger partial charge >= 0.3 is 5.97 Å². The third kappa shape index (κ3) is 4.05. The Morgan fingerprint density at radius 1 is 1.09 bits per heavy atom. The summed E-state index contributed by atoms with van der Waals surface area (Å²) in [6, 6.07) is 12.6. The fourth-order valence-electron chi connectivity index (χ4n) is 4.10. The number of benzene rings is 1. The quantitative estimate of drug-likeness (QED) is 0.276. The van der Waals surface area contributed by atoms with Crippen LogP contribution in [0.5, 0.6) is 5.75 Å². The Kier molecular flexibility index (Phi) is 5.63. The van der Waals surface area contributed by atoms with Gasteiger partial charge in [0, 0.05) is 41.0 Å². The molecule has 8 heteroatoms. The van der Waals surface area contributed by atoms with Gasteiger partial charge in [0.15, 0.2) is 5.75 Å². The van der Waals surface area contributed by atoms with Crippen LogP contribution in [-0.4, -0.2) is 27.6 Å². The van der Waals surface area contributed by atoms with Crippen LogP contribution in [0.25, 0.3) is 10.9 Å². The van der Waals surface area contributed by atoms with E-state index in [2.05, 4.69) is 20.5 Å². The van der Waals surface area contributed by atoms with Gasteiger partial charge in [0.05, 0.1) is 11.3 Å². The molecule has 0 atom stereocenters. The van der Waals surface area contributed by atoms with Gasteiger partial charge in [0.1, 0.15) is 11.3 Å². The van der Waals surface area contributed by atoms with Gasteiger partial charge in [-0.25, -0.2) is 15.2 Å². The average Bonchev–Trinajstić information content (AvgIpc) is 3.20.